The molecule has 14 heavy (non-hydrogen) atoms. The molecule has 1 aromatic carbocycles. The number of carbonyl (C=O) groups is 1. The quantitative estimate of drug-likeness (QED) is 0.730. The number of hydrogen-bond acceptors (Lipinski definition) is 2. The fraction of sp³-hybridized carbons (Fsp3) is 0.200. The molecular weight excluding hydrogens is 178 g/mol. The summed E-state index contributed by atoms with van der Waals surface area (Å²) in [5.74, 6) is 0. The summed E-state index contributed by atoms with van der Waals surface area (Å²) in [6, 6.07) is 8.64. The number of urea groups is 1. The van der Waals surface area contributed by atoms with Crippen molar-refractivity contribution in [2.75, 3.05) is 19.4 Å². The van der Waals surface area contributed by atoms with Gasteiger partial charge in [-0.1, -0.05) is 12.1 Å². The molecule has 1 N–H and O–H groups in total. The number of benzene rings is 1. The first-order valence-corrected chi connectivity index (χ1v) is 4.12. The van der Waals surface area contributed by atoms with Crippen molar-refractivity contribution in [1.82, 2.24) is 4.90 Å². The average Bonchev–Trinajstić information content (AvgIpc) is 2.18. The molecule has 0 heterocycles. The summed E-state index contributed by atoms with van der Waals surface area (Å²) in [5.41, 5.74) is 0.997. The summed E-state index contributed by atoms with van der Waals surface area (Å²) >= 11 is 0. The van der Waals surface area contributed by atoms with Crippen molar-refractivity contribution in [3.63, 3.8) is 0 Å². The van der Waals surface area contributed by atoms with Crippen LogP contribution in [0.5, 0.6) is 0 Å². The Labute approximate surface area is 82.8 Å². The maximum Gasteiger partial charge on any atom is 0.321 e. The third kappa shape index (κ3) is 2.23. The third-order valence-corrected chi connectivity index (χ3v) is 1.70. The smallest absolute Gasteiger partial charge is 0.321 e. The minimum absolute atomic E-state index is 0.243. The number of nitrogens with one attached hydrogen (secondary N) is 1. The Morgan fingerprint density at radius 1 is 1.43 bits per heavy atom. The summed E-state index contributed by atoms with van der Waals surface area (Å²) in [4.78, 5) is 12.7. The zero-order valence-corrected chi connectivity index (χ0v) is 8.11. The van der Waals surface area contributed by atoms with E-state index < -0.39 is 0 Å². The van der Waals surface area contributed by atoms with Gasteiger partial charge < -0.3 is 10.2 Å². The first kappa shape index (κ1) is 10.1. The summed E-state index contributed by atoms with van der Waals surface area (Å²) < 4.78 is 0. The van der Waals surface area contributed by atoms with E-state index in [1.807, 2.05) is 6.07 Å². The van der Waals surface area contributed by atoms with Gasteiger partial charge in [-0.15, -0.1) is 0 Å². The first-order valence-electron chi connectivity index (χ1n) is 4.12. The highest BCUT2D eigenvalue weighted by Crippen LogP contribution is 2.13. The lowest BCUT2D eigenvalue weighted by Crippen LogP contribution is -2.27. The van der Waals surface area contributed by atoms with Crippen molar-refractivity contribution in [3.05, 3.63) is 29.8 Å². The number of hydrogen-bond donors (Lipinski definition) is 1. The molecule has 0 aliphatic carbocycles. The van der Waals surface area contributed by atoms with Crippen molar-refractivity contribution in [1.29, 1.82) is 5.26 Å². The van der Waals surface area contributed by atoms with Gasteiger partial charge in [0.1, 0.15) is 6.07 Å². The highest BCUT2D eigenvalue weighted by atomic mass is 16.2. The molecule has 0 saturated carbocycles. The second-order valence-electron chi connectivity index (χ2n) is 2.98. The van der Waals surface area contributed by atoms with Crippen LogP contribution >= 0.6 is 0 Å². The van der Waals surface area contributed by atoms with E-state index in [0.29, 0.717) is 11.3 Å². The molecule has 0 aliphatic heterocycles. The minimum Gasteiger partial charge on any atom is -0.331 e. The van der Waals surface area contributed by atoms with Crippen molar-refractivity contribution in [2.45, 2.75) is 0 Å². The van der Waals surface area contributed by atoms with Crippen LogP contribution in [-0.4, -0.2) is 25.0 Å². The van der Waals surface area contributed by atoms with Crippen molar-refractivity contribution >= 4 is 11.7 Å². The van der Waals surface area contributed by atoms with Gasteiger partial charge in [-0.05, 0) is 12.1 Å². The molecule has 2 amide bonds. The highest BCUT2D eigenvalue weighted by molar-refractivity contribution is 5.90. The maximum atomic E-state index is 11.3. The molecule has 0 saturated heterocycles. The van der Waals surface area contributed by atoms with Crippen LogP contribution in [0.2, 0.25) is 0 Å². The van der Waals surface area contributed by atoms with E-state index >= 15 is 0 Å². The van der Waals surface area contributed by atoms with Gasteiger partial charge in [0.2, 0.25) is 0 Å². The van der Waals surface area contributed by atoms with E-state index in [1.165, 1.54) is 4.90 Å². The van der Waals surface area contributed by atoms with E-state index in [9.17, 15) is 4.79 Å². The van der Waals surface area contributed by atoms with Crippen LogP contribution in [0.1, 0.15) is 5.56 Å². The Balaban J connectivity index is 2.87. The van der Waals surface area contributed by atoms with Gasteiger partial charge in [0, 0.05) is 14.1 Å². The van der Waals surface area contributed by atoms with Crippen molar-refractivity contribution < 1.29 is 4.79 Å². The Hall–Kier alpha value is -2.02. The minimum atomic E-state index is -0.243. The predicted octanol–water partition coefficient (Wildman–Crippen LogP) is 1.65. The number of amides is 2. The monoisotopic (exact) mass is 189 g/mol. The Bertz CT molecular complexity index is 379. The number of rotatable bonds is 1. The molecule has 0 unspecified atom stereocenters. The average molecular weight is 189 g/mol. The molecule has 72 valence electrons. The topological polar surface area (TPSA) is 56.1 Å². The normalized spacial score (nSPS) is 8.93. The van der Waals surface area contributed by atoms with Gasteiger partial charge in [-0.2, -0.15) is 5.26 Å². The molecule has 0 spiro atoms. The van der Waals surface area contributed by atoms with Crippen molar-refractivity contribution in [2.24, 2.45) is 0 Å². The molecule has 0 radical (unpaired) electrons. The zero-order chi connectivity index (χ0) is 10.6. The van der Waals surface area contributed by atoms with E-state index in [2.05, 4.69) is 5.32 Å². The standard InChI is InChI=1S/C10H11N3O/c1-13(2)10(14)12-9-6-4-3-5-8(9)7-11/h3-6H,1-2H3,(H,12,14). The van der Waals surface area contributed by atoms with Gasteiger partial charge in [-0.3, -0.25) is 0 Å². The number of nitrogens with zero attached hydrogens (tertiary/aromatic N) is 2. The third-order valence-electron chi connectivity index (χ3n) is 1.70. The lowest BCUT2D eigenvalue weighted by Gasteiger charge is -2.12. The van der Waals surface area contributed by atoms with Crippen molar-refractivity contribution in [3.8, 4) is 6.07 Å². The van der Waals surface area contributed by atoms with Gasteiger partial charge >= 0.3 is 6.03 Å². The molecule has 4 heteroatoms. The number of para-hydroxylation sites is 1. The van der Waals surface area contributed by atoms with E-state index in [1.54, 1.807) is 38.4 Å². The molecule has 0 atom stereocenters. The lowest BCUT2D eigenvalue weighted by molar-refractivity contribution is 0.230. The zero-order valence-electron chi connectivity index (χ0n) is 8.11. The molecule has 0 aliphatic rings. The van der Waals surface area contributed by atoms with Crippen LogP contribution in [0.3, 0.4) is 0 Å². The lowest BCUT2D eigenvalue weighted by atomic mass is 10.2. The van der Waals surface area contributed by atoms with Crippen LogP contribution in [0.15, 0.2) is 24.3 Å². The largest absolute Gasteiger partial charge is 0.331 e. The molecule has 1 rings (SSSR count). The Morgan fingerprint density at radius 2 is 2.07 bits per heavy atom. The second kappa shape index (κ2) is 4.28. The number of carbonyl (C=O) groups excluding carboxylic acids is 1. The fourth-order valence-electron chi connectivity index (χ4n) is 0.917. The SMILES string of the molecule is CN(C)C(=O)Nc1ccccc1C#N. The highest BCUT2D eigenvalue weighted by Gasteiger charge is 2.06. The van der Waals surface area contributed by atoms with Gasteiger partial charge in [0.05, 0.1) is 11.3 Å². The molecule has 0 fully saturated rings. The van der Waals surface area contributed by atoms with Gasteiger partial charge in [0.15, 0.2) is 0 Å². The predicted molar refractivity (Wildman–Crippen MR) is 53.9 cm³/mol. The number of nitriles is 1. The van der Waals surface area contributed by atoms with Crippen LogP contribution in [0.25, 0.3) is 0 Å². The molecule has 1 aromatic rings. The van der Waals surface area contributed by atoms with E-state index in [4.69, 9.17) is 5.26 Å². The van der Waals surface area contributed by atoms with E-state index in [0.717, 1.165) is 0 Å². The summed E-state index contributed by atoms with van der Waals surface area (Å²) in [6.45, 7) is 0. The van der Waals surface area contributed by atoms with Crippen LogP contribution in [0.4, 0.5) is 10.5 Å². The molecule has 0 bridgehead atoms. The fourth-order valence-corrected chi connectivity index (χ4v) is 0.917. The molecule has 0 aromatic heterocycles. The Kier molecular flexibility index (Phi) is 3.08. The van der Waals surface area contributed by atoms with Gasteiger partial charge in [0.25, 0.3) is 0 Å². The summed E-state index contributed by atoms with van der Waals surface area (Å²) in [6.07, 6.45) is 0. The maximum absolute atomic E-state index is 11.3. The second-order valence-corrected chi connectivity index (χ2v) is 2.98. The first-order chi connectivity index (χ1) is 6.65. The van der Waals surface area contributed by atoms with Crippen LogP contribution in [0, 0.1) is 11.3 Å². The van der Waals surface area contributed by atoms with E-state index in [-0.39, 0.29) is 6.03 Å². The summed E-state index contributed by atoms with van der Waals surface area (Å²) in [7, 11) is 3.29. The summed E-state index contributed by atoms with van der Waals surface area (Å²) in [5, 5.41) is 11.4. The molecular formula is C10H11N3O. The molecule has 4 nitrogen and oxygen atoms in total. The Morgan fingerprint density at radius 3 is 2.64 bits per heavy atom. The van der Waals surface area contributed by atoms with Gasteiger partial charge in [-0.25, -0.2) is 4.79 Å². The van der Waals surface area contributed by atoms with Crippen LogP contribution < -0.4 is 5.32 Å². The number of anilines is 1. The van der Waals surface area contributed by atoms with Crippen LogP contribution in [-0.2, 0) is 0 Å².